The van der Waals surface area contributed by atoms with Gasteiger partial charge in [-0.05, 0) is 31.4 Å². The highest BCUT2D eigenvalue weighted by atomic mass is 32.2. The van der Waals surface area contributed by atoms with Crippen molar-refractivity contribution in [3.63, 3.8) is 0 Å². The molecule has 2 fully saturated rings. The van der Waals surface area contributed by atoms with Gasteiger partial charge in [0.15, 0.2) is 0 Å². The number of anilines is 1. The molecule has 2 saturated heterocycles. The second kappa shape index (κ2) is 10.8. The minimum Gasteiger partial charge on any atom is -0.394 e. The van der Waals surface area contributed by atoms with Crippen molar-refractivity contribution in [3.8, 4) is 0 Å². The average molecular weight is 552 g/mol. The lowest BCUT2D eigenvalue weighted by molar-refractivity contribution is -0.146. The molecular formula is C31H41N3O4S. The van der Waals surface area contributed by atoms with Crippen molar-refractivity contribution in [3.05, 3.63) is 54.6 Å². The van der Waals surface area contributed by atoms with E-state index in [-0.39, 0.29) is 30.2 Å². The van der Waals surface area contributed by atoms with Crippen LogP contribution in [0.5, 0.6) is 0 Å². The maximum absolute atomic E-state index is 14.6. The molecule has 0 aliphatic carbocycles. The van der Waals surface area contributed by atoms with Gasteiger partial charge >= 0.3 is 0 Å². The molecule has 3 amide bonds. The van der Waals surface area contributed by atoms with Crippen molar-refractivity contribution in [2.75, 3.05) is 31.1 Å². The Morgan fingerprint density at radius 2 is 1.69 bits per heavy atom. The summed E-state index contributed by atoms with van der Waals surface area (Å²) in [6, 6.07) is 8.30. The van der Waals surface area contributed by atoms with Crippen molar-refractivity contribution >= 4 is 35.2 Å². The van der Waals surface area contributed by atoms with Gasteiger partial charge in [0.05, 0.1) is 29.2 Å². The van der Waals surface area contributed by atoms with E-state index in [4.69, 9.17) is 0 Å². The number of benzene rings is 1. The second-order valence-corrected chi connectivity index (χ2v) is 13.6. The average Bonchev–Trinajstić information content (AvgIpc) is 3.18. The van der Waals surface area contributed by atoms with Crippen LogP contribution in [0.15, 0.2) is 54.6 Å². The lowest BCUT2D eigenvalue weighted by atomic mass is 9.74. The molecule has 1 N–H and O–H groups in total. The summed E-state index contributed by atoms with van der Waals surface area (Å²) in [4.78, 5) is 48.7. The molecule has 6 atom stereocenters. The van der Waals surface area contributed by atoms with Crippen LogP contribution in [-0.4, -0.2) is 80.4 Å². The van der Waals surface area contributed by atoms with E-state index in [0.717, 1.165) is 24.9 Å². The minimum atomic E-state index is -0.894. The molecule has 0 aromatic heterocycles. The topological polar surface area (TPSA) is 81.2 Å². The Morgan fingerprint density at radius 1 is 0.974 bits per heavy atom. The van der Waals surface area contributed by atoms with Gasteiger partial charge < -0.3 is 19.8 Å². The third-order valence-electron chi connectivity index (χ3n) is 8.99. The van der Waals surface area contributed by atoms with Gasteiger partial charge in [0.2, 0.25) is 17.7 Å². The summed E-state index contributed by atoms with van der Waals surface area (Å²) in [5.41, 5.74) is 0.797. The van der Waals surface area contributed by atoms with Gasteiger partial charge in [0.1, 0.15) is 6.04 Å². The number of fused-ring (bicyclic) bond motifs is 2. The smallest absolute Gasteiger partial charge is 0.247 e. The Labute approximate surface area is 236 Å². The first-order chi connectivity index (χ1) is 18.7. The Bertz CT molecular complexity index is 1170. The number of hydrogen-bond acceptors (Lipinski definition) is 5. The van der Waals surface area contributed by atoms with Gasteiger partial charge in [-0.15, -0.1) is 11.8 Å². The lowest BCUT2D eigenvalue weighted by Gasteiger charge is -2.41. The van der Waals surface area contributed by atoms with Crippen LogP contribution in [0.1, 0.15) is 47.0 Å². The molecule has 1 aromatic rings. The number of likely N-dealkylation sites (tertiary alicyclic amines) is 1. The molecule has 1 spiro atoms. The molecule has 4 aliphatic heterocycles. The highest BCUT2D eigenvalue weighted by molar-refractivity contribution is 8.02. The maximum Gasteiger partial charge on any atom is 0.247 e. The number of thioether (sulfide) groups is 1. The Morgan fingerprint density at radius 3 is 2.36 bits per heavy atom. The third-order valence-corrected chi connectivity index (χ3v) is 10.8. The number of aliphatic hydroxyl groups is 1. The Balaban J connectivity index is 1.63. The van der Waals surface area contributed by atoms with Gasteiger partial charge in [-0.3, -0.25) is 14.4 Å². The lowest BCUT2D eigenvalue weighted by Crippen LogP contribution is -2.58. The predicted molar refractivity (Wildman–Crippen MR) is 155 cm³/mol. The largest absolute Gasteiger partial charge is 0.394 e. The molecule has 4 heterocycles. The number of para-hydroxylation sites is 1. The van der Waals surface area contributed by atoms with Crippen molar-refractivity contribution in [1.29, 1.82) is 0 Å². The zero-order valence-electron chi connectivity index (χ0n) is 23.5. The number of rotatable bonds is 8. The molecule has 5 rings (SSSR count). The summed E-state index contributed by atoms with van der Waals surface area (Å²) >= 11 is 1.60. The first-order valence-electron chi connectivity index (χ1n) is 14.3. The molecule has 0 bridgehead atoms. The number of nitrogens with zero attached hydrogens (tertiary/aromatic N) is 3. The predicted octanol–water partition coefficient (Wildman–Crippen LogP) is 3.88. The van der Waals surface area contributed by atoms with Crippen LogP contribution in [-0.2, 0) is 14.4 Å². The minimum absolute atomic E-state index is 0.0506. The van der Waals surface area contributed by atoms with E-state index in [1.807, 2.05) is 68.2 Å². The number of carbonyl (C=O) groups is 3. The van der Waals surface area contributed by atoms with Crippen LogP contribution < -0.4 is 4.90 Å². The van der Waals surface area contributed by atoms with Crippen molar-refractivity contribution in [1.82, 2.24) is 9.80 Å². The zero-order chi connectivity index (χ0) is 27.9. The van der Waals surface area contributed by atoms with Gasteiger partial charge in [0.25, 0.3) is 0 Å². The number of aliphatic hydroxyl groups excluding tert-OH is 1. The van der Waals surface area contributed by atoms with E-state index in [1.54, 1.807) is 21.6 Å². The summed E-state index contributed by atoms with van der Waals surface area (Å²) in [7, 11) is 0. The van der Waals surface area contributed by atoms with E-state index < -0.39 is 33.4 Å². The summed E-state index contributed by atoms with van der Waals surface area (Å²) in [6.07, 6.45) is 11.2. The summed E-state index contributed by atoms with van der Waals surface area (Å²) in [6.45, 7) is 9.45. The van der Waals surface area contributed by atoms with E-state index in [0.29, 0.717) is 19.6 Å². The number of carbonyl (C=O) groups excluding carboxylic acids is 3. The van der Waals surface area contributed by atoms with Gasteiger partial charge in [-0.1, -0.05) is 76.1 Å². The zero-order valence-corrected chi connectivity index (χ0v) is 24.3. The van der Waals surface area contributed by atoms with E-state index in [9.17, 15) is 19.5 Å². The van der Waals surface area contributed by atoms with Gasteiger partial charge in [-0.25, -0.2) is 0 Å². The fourth-order valence-electron chi connectivity index (χ4n) is 7.08. The monoisotopic (exact) mass is 551 g/mol. The van der Waals surface area contributed by atoms with Crippen LogP contribution in [0.2, 0.25) is 0 Å². The normalized spacial score (nSPS) is 32.8. The fraction of sp³-hybridized carbons (Fsp3) is 0.581. The van der Waals surface area contributed by atoms with Crippen molar-refractivity contribution in [2.24, 2.45) is 17.8 Å². The molecule has 0 saturated carbocycles. The summed E-state index contributed by atoms with van der Waals surface area (Å²) in [5, 5.41) is 10.5. The van der Waals surface area contributed by atoms with Crippen molar-refractivity contribution in [2.45, 2.75) is 68.5 Å². The number of amides is 3. The second-order valence-electron chi connectivity index (χ2n) is 11.8. The molecule has 1 aromatic carbocycles. The maximum atomic E-state index is 14.6. The van der Waals surface area contributed by atoms with Crippen LogP contribution in [0, 0.1) is 17.8 Å². The molecule has 1 unspecified atom stereocenters. The third kappa shape index (κ3) is 4.44. The van der Waals surface area contributed by atoms with E-state index in [2.05, 4.69) is 19.1 Å². The highest BCUT2D eigenvalue weighted by Crippen LogP contribution is 2.66. The van der Waals surface area contributed by atoms with E-state index in [1.165, 1.54) is 0 Å². The molecule has 210 valence electrons. The molecule has 39 heavy (non-hydrogen) atoms. The fourth-order valence-corrected chi connectivity index (χ4v) is 9.22. The molecule has 8 heteroatoms. The summed E-state index contributed by atoms with van der Waals surface area (Å²) < 4.78 is -1.55. The van der Waals surface area contributed by atoms with Crippen molar-refractivity contribution < 1.29 is 19.5 Å². The number of hydrogen-bond donors (Lipinski definition) is 1. The highest BCUT2D eigenvalue weighted by Gasteiger charge is 2.74. The van der Waals surface area contributed by atoms with Crippen LogP contribution >= 0.6 is 11.8 Å². The standard InChI is InChI=1S/C31H41N3O4S/c1-5-6-10-17-32-18-12-16-31-25(28(37)34(26(31)29(32)38)23(20-35)21(2)3)24-27(36)33(22-13-8-7-9-14-22)19-11-15-30(24,4)39-31/h7-9,11-16,21,23-26,35H,5-6,10,17-20H2,1-4H3/t23-,24+,25-,26?,30-,31-/m0/s1. The molecule has 0 radical (unpaired) electrons. The Hall–Kier alpha value is -2.58. The summed E-state index contributed by atoms with van der Waals surface area (Å²) in [5.74, 6) is -1.76. The van der Waals surface area contributed by atoms with E-state index >= 15 is 0 Å². The van der Waals surface area contributed by atoms with Crippen LogP contribution in [0.25, 0.3) is 0 Å². The first kappa shape index (κ1) is 28.0. The molecule has 4 aliphatic rings. The molecular weight excluding hydrogens is 510 g/mol. The van der Waals surface area contributed by atoms with Gasteiger partial charge in [-0.2, -0.15) is 0 Å². The SMILES string of the molecule is CCCCCN1CC=C[C@]23S[C@@]4(C)C=CCN(c5ccccc5)C(=O)[C@H]4[C@H]2C(=O)N([C@@H](CO)C(C)C)C3C1=O. The Kier molecular flexibility index (Phi) is 7.72. The molecule has 7 nitrogen and oxygen atoms in total. The number of unbranched alkanes of at least 4 members (excludes halogenated alkanes) is 2. The first-order valence-corrected chi connectivity index (χ1v) is 15.2. The van der Waals surface area contributed by atoms with Crippen LogP contribution in [0.4, 0.5) is 5.69 Å². The van der Waals surface area contributed by atoms with Crippen LogP contribution in [0.3, 0.4) is 0 Å². The van der Waals surface area contributed by atoms with Gasteiger partial charge in [0, 0.05) is 30.1 Å². The quantitative estimate of drug-likeness (QED) is 0.392.